The molecular weight excluding hydrogens is 420 g/mol. The van der Waals surface area contributed by atoms with Crippen LogP contribution < -0.4 is 5.32 Å². The van der Waals surface area contributed by atoms with Crippen LogP contribution in [-0.2, 0) is 16.1 Å². The van der Waals surface area contributed by atoms with Gasteiger partial charge in [0.1, 0.15) is 5.00 Å². The maximum atomic E-state index is 12.5. The van der Waals surface area contributed by atoms with Crippen LogP contribution in [0.2, 0.25) is 0 Å². The molecule has 0 fully saturated rings. The summed E-state index contributed by atoms with van der Waals surface area (Å²) in [4.78, 5) is 25.6. The summed E-state index contributed by atoms with van der Waals surface area (Å²) in [5.74, 6) is 0.267. The third kappa shape index (κ3) is 4.57. The van der Waals surface area contributed by atoms with Crippen LogP contribution in [-0.4, -0.2) is 39.5 Å². The smallest absolute Gasteiger partial charge is 0.341 e. The number of esters is 1. The molecule has 0 saturated carbocycles. The van der Waals surface area contributed by atoms with Crippen molar-refractivity contribution in [2.75, 3.05) is 18.2 Å². The number of nitrogens with one attached hydrogen (secondary N) is 1. The van der Waals surface area contributed by atoms with E-state index in [0.717, 1.165) is 21.8 Å². The highest BCUT2D eigenvalue weighted by atomic mass is 32.2. The van der Waals surface area contributed by atoms with Gasteiger partial charge in [-0.25, -0.2) is 4.79 Å². The van der Waals surface area contributed by atoms with Gasteiger partial charge < -0.3 is 14.6 Å². The molecule has 0 aliphatic rings. The van der Waals surface area contributed by atoms with Crippen LogP contribution in [0.1, 0.15) is 33.3 Å². The third-order valence-corrected chi connectivity index (χ3v) is 6.79. The quantitative estimate of drug-likeness (QED) is 0.427. The summed E-state index contributed by atoms with van der Waals surface area (Å²) in [5.41, 5.74) is 3.40. The summed E-state index contributed by atoms with van der Waals surface area (Å²) in [5, 5.41) is 12.6. The van der Waals surface area contributed by atoms with Crippen LogP contribution in [0.4, 0.5) is 5.00 Å². The van der Waals surface area contributed by atoms with Crippen LogP contribution in [0.5, 0.6) is 0 Å². The Kier molecular flexibility index (Phi) is 6.94. The van der Waals surface area contributed by atoms with Gasteiger partial charge >= 0.3 is 5.97 Å². The number of carbonyl (C=O) groups is 2. The molecule has 7 nitrogen and oxygen atoms in total. The first kappa shape index (κ1) is 22.0. The Morgan fingerprint density at radius 3 is 2.50 bits per heavy atom. The first-order chi connectivity index (χ1) is 14.3. The summed E-state index contributed by atoms with van der Waals surface area (Å²) in [6.07, 6.45) is 0. The van der Waals surface area contributed by atoms with Crippen molar-refractivity contribution in [2.24, 2.45) is 0 Å². The number of anilines is 1. The van der Waals surface area contributed by atoms with Crippen molar-refractivity contribution < 1.29 is 14.3 Å². The van der Waals surface area contributed by atoms with E-state index < -0.39 is 5.97 Å². The van der Waals surface area contributed by atoms with Gasteiger partial charge in [0.15, 0.2) is 11.0 Å². The highest BCUT2D eigenvalue weighted by molar-refractivity contribution is 7.99. The number of nitrogens with zero attached hydrogens (tertiary/aromatic N) is 3. The van der Waals surface area contributed by atoms with Crippen molar-refractivity contribution in [1.29, 1.82) is 0 Å². The molecule has 0 aliphatic heterocycles. The number of hydrogen-bond acceptors (Lipinski definition) is 7. The predicted molar refractivity (Wildman–Crippen MR) is 120 cm³/mol. The average Bonchev–Trinajstić information content (AvgIpc) is 3.26. The SMILES string of the molecule is CCn1c(SCC(=O)Nc2sc(C)c(C)c2C(=O)OC)nnc1-c1ccc(C)cc1. The Hall–Kier alpha value is -2.65. The van der Waals surface area contributed by atoms with E-state index in [0.29, 0.717) is 22.3 Å². The highest BCUT2D eigenvalue weighted by Gasteiger charge is 2.22. The Morgan fingerprint density at radius 1 is 1.17 bits per heavy atom. The van der Waals surface area contributed by atoms with Crippen LogP contribution >= 0.6 is 23.1 Å². The molecule has 1 N–H and O–H groups in total. The van der Waals surface area contributed by atoms with E-state index in [1.807, 2.05) is 56.5 Å². The van der Waals surface area contributed by atoms with Gasteiger partial charge in [-0.05, 0) is 33.3 Å². The van der Waals surface area contributed by atoms with Gasteiger partial charge in [-0.2, -0.15) is 0 Å². The van der Waals surface area contributed by atoms with E-state index in [4.69, 9.17) is 4.74 Å². The van der Waals surface area contributed by atoms with Gasteiger partial charge in [0.05, 0.1) is 18.4 Å². The van der Waals surface area contributed by atoms with Crippen molar-refractivity contribution >= 4 is 40.0 Å². The number of aryl methyl sites for hydroxylation is 2. The van der Waals surface area contributed by atoms with Crippen molar-refractivity contribution in [2.45, 2.75) is 39.4 Å². The molecule has 9 heteroatoms. The first-order valence-corrected chi connectivity index (χ1v) is 11.3. The number of amides is 1. The number of thiophene rings is 1. The molecule has 0 atom stereocenters. The molecule has 0 radical (unpaired) electrons. The van der Waals surface area contributed by atoms with E-state index in [9.17, 15) is 9.59 Å². The minimum Gasteiger partial charge on any atom is -0.465 e. The van der Waals surface area contributed by atoms with Crippen LogP contribution in [0, 0.1) is 20.8 Å². The molecule has 0 unspecified atom stereocenters. The van der Waals surface area contributed by atoms with Crippen LogP contribution in [0.15, 0.2) is 29.4 Å². The Bertz CT molecular complexity index is 1070. The molecule has 0 aliphatic carbocycles. The molecule has 158 valence electrons. The van der Waals surface area contributed by atoms with Crippen molar-refractivity contribution in [3.05, 3.63) is 45.8 Å². The molecular formula is C21H24N4O3S2. The zero-order valence-electron chi connectivity index (χ0n) is 17.6. The maximum Gasteiger partial charge on any atom is 0.341 e. The van der Waals surface area contributed by atoms with Gasteiger partial charge in [-0.3, -0.25) is 4.79 Å². The van der Waals surface area contributed by atoms with Crippen molar-refractivity contribution in [1.82, 2.24) is 14.8 Å². The molecule has 1 aromatic carbocycles. The normalized spacial score (nSPS) is 10.8. The lowest BCUT2D eigenvalue weighted by atomic mass is 10.1. The zero-order valence-corrected chi connectivity index (χ0v) is 19.2. The second kappa shape index (κ2) is 9.44. The number of ether oxygens (including phenoxy) is 1. The number of carbonyl (C=O) groups excluding carboxylic acids is 2. The third-order valence-electron chi connectivity index (χ3n) is 4.70. The van der Waals surface area contributed by atoms with Gasteiger partial charge in [0.2, 0.25) is 5.91 Å². The Morgan fingerprint density at radius 2 is 1.87 bits per heavy atom. The highest BCUT2D eigenvalue weighted by Crippen LogP contribution is 2.33. The summed E-state index contributed by atoms with van der Waals surface area (Å²) >= 11 is 2.68. The number of aromatic nitrogens is 3. The topological polar surface area (TPSA) is 86.1 Å². The zero-order chi connectivity index (χ0) is 21.8. The number of benzene rings is 1. The van der Waals surface area contributed by atoms with E-state index in [-0.39, 0.29) is 11.7 Å². The van der Waals surface area contributed by atoms with Gasteiger partial charge in [-0.1, -0.05) is 41.6 Å². The lowest BCUT2D eigenvalue weighted by molar-refractivity contribution is -0.113. The minimum absolute atomic E-state index is 0.155. The standard InChI is InChI=1S/C21H24N4O3S2/c1-6-25-18(15-9-7-12(2)8-10-15)23-24-21(25)29-11-16(26)22-19-17(20(27)28-5)13(3)14(4)30-19/h7-10H,6,11H2,1-5H3,(H,22,26). The van der Waals surface area contributed by atoms with Crippen molar-refractivity contribution in [3.63, 3.8) is 0 Å². The fourth-order valence-corrected chi connectivity index (χ4v) is 4.82. The molecule has 0 spiro atoms. The van der Waals surface area contributed by atoms with Crippen molar-refractivity contribution in [3.8, 4) is 11.4 Å². The summed E-state index contributed by atoms with van der Waals surface area (Å²) in [7, 11) is 1.33. The van der Waals surface area contributed by atoms with E-state index >= 15 is 0 Å². The second-order valence-electron chi connectivity index (χ2n) is 6.73. The molecule has 30 heavy (non-hydrogen) atoms. The second-order valence-corrected chi connectivity index (χ2v) is 8.90. The predicted octanol–water partition coefficient (Wildman–Crippen LogP) is 4.47. The van der Waals surface area contributed by atoms with Gasteiger partial charge in [0.25, 0.3) is 0 Å². The lowest BCUT2D eigenvalue weighted by Gasteiger charge is -2.08. The molecule has 2 aromatic heterocycles. The van der Waals surface area contributed by atoms with E-state index in [2.05, 4.69) is 15.5 Å². The van der Waals surface area contributed by atoms with Gasteiger partial charge in [-0.15, -0.1) is 21.5 Å². The lowest BCUT2D eigenvalue weighted by Crippen LogP contribution is -2.16. The molecule has 3 aromatic rings. The number of rotatable bonds is 7. The van der Waals surface area contributed by atoms with Gasteiger partial charge in [0, 0.05) is 17.0 Å². The van der Waals surface area contributed by atoms with E-state index in [1.54, 1.807) is 0 Å². The number of methoxy groups -OCH3 is 1. The van der Waals surface area contributed by atoms with E-state index in [1.165, 1.54) is 35.8 Å². The average molecular weight is 445 g/mol. The fraction of sp³-hybridized carbons (Fsp3) is 0.333. The molecule has 0 saturated heterocycles. The Balaban J connectivity index is 1.72. The first-order valence-electron chi connectivity index (χ1n) is 9.46. The summed E-state index contributed by atoms with van der Waals surface area (Å²) in [6, 6.07) is 8.10. The monoisotopic (exact) mass is 444 g/mol. The molecule has 0 bridgehead atoms. The molecule has 3 rings (SSSR count). The summed E-state index contributed by atoms with van der Waals surface area (Å²) in [6.45, 7) is 8.50. The maximum absolute atomic E-state index is 12.5. The Labute approximate surface area is 183 Å². The van der Waals surface area contributed by atoms with Crippen LogP contribution in [0.3, 0.4) is 0 Å². The summed E-state index contributed by atoms with van der Waals surface area (Å²) < 4.78 is 6.84. The number of hydrogen-bond donors (Lipinski definition) is 1. The number of thioether (sulfide) groups is 1. The largest absolute Gasteiger partial charge is 0.465 e. The fourth-order valence-electron chi connectivity index (χ4n) is 2.95. The molecule has 2 heterocycles. The molecule has 1 amide bonds. The minimum atomic E-state index is -0.451. The van der Waals surface area contributed by atoms with Crippen LogP contribution in [0.25, 0.3) is 11.4 Å².